The zero-order valence-electron chi connectivity index (χ0n) is 11.2. The largest absolute Gasteiger partial charge is 0.489 e. The Balaban J connectivity index is 2.27. The van der Waals surface area contributed by atoms with Crippen LogP contribution in [0.4, 0.5) is 4.39 Å². The van der Waals surface area contributed by atoms with Crippen molar-refractivity contribution in [2.75, 3.05) is 0 Å². The second-order valence-corrected chi connectivity index (χ2v) is 5.15. The molecule has 1 aliphatic heterocycles. The zero-order chi connectivity index (χ0) is 13.6. The van der Waals surface area contributed by atoms with E-state index in [9.17, 15) is 4.39 Å². The van der Waals surface area contributed by atoms with Gasteiger partial charge in [0.2, 0.25) is 0 Å². The predicted octanol–water partition coefficient (Wildman–Crippen LogP) is 4.25. The molecule has 2 heteroatoms. The molecular formula is C17H16FO. The molecule has 1 atom stereocenters. The minimum absolute atomic E-state index is 0.125. The van der Waals surface area contributed by atoms with E-state index in [0.717, 1.165) is 33.6 Å². The summed E-state index contributed by atoms with van der Waals surface area (Å²) in [5, 5.41) is 0. The third-order valence-electron chi connectivity index (χ3n) is 3.61. The fraction of sp³-hybridized carbons (Fsp3) is 0.235. The molecule has 2 aromatic rings. The van der Waals surface area contributed by atoms with E-state index in [2.05, 4.69) is 6.92 Å². The number of benzene rings is 2. The highest BCUT2D eigenvalue weighted by Gasteiger charge is 2.25. The van der Waals surface area contributed by atoms with Crippen LogP contribution in [0, 0.1) is 26.6 Å². The predicted molar refractivity (Wildman–Crippen MR) is 74.8 cm³/mol. The Hall–Kier alpha value is -1.83. The first kappa shape index (κ1) is 12.2. The van der Waals surface area contributed by atoms with Crippen molar-refractivity contribution >= 4 is 0 Å². The molecule has 0 aliphatic carbocycles. The molecule has 0 amide bonds. The van der Waals surface area contributed by atoms with Crippen LogP contribution < -0.4 is 4.74 Å². The van der Waals surface area contributed by atoms with Gasteiger partial charge in [0.25, 0.3) is 0 Å². The maximum absolute atomic E-state index is 13.8. The van der Waals surface area contributed by atoms with Gasteiger partial charge in [-0.3, -0.25) is 0 Å². The molecule has 19 heavy (non-hydrogen) atoms. The lowest BCUT2D eigenvalue weighted by Crippen LogP contribution is -2.06. The topological polar surface area (TPSA) is 9.23 Å². The van der Waals surface area contributed by atoms with E-state index in [1.165, 1.54) is 0 Å². The van der Waals surface area contributed by atoms with Crippen LogP contribution in [-0.2, 0) is 6.42 Å². The third-order valence-corrected chi connectivity index (χ3v) is 3.61. The molecular weight excluding hydrogens is 239 g/mol. The van der Waals surface area contributed by atoms with E-state index >= 15 is 0 Å². The second-order valence-electron chi connectivity index (χ2n) is 5.15. The van der Waals surface area contributed by atoms with E-state index in [0.29, 0.717) is 6.42 Å². The van der Waals surface area contributed by atoms with Crippen LogP contribution in [0.2, 0.25) is 0 Å². The Morgan fingerprint density at radius 1 is 1.21 bits per heavy atom. The number of hydrogen-bond donors (Lipinski definition) is 0. The second kappa shape index (κ2) is 4.37. The lowest BCUT2D eigenvalue weighted by molar-refractivity contribution is 0.282. The van der Waals surface area contributed by atoms with Gasteiger partial charge in [0.05, 0.1) is 0 Å². The summed E-state index contributed by atoms with van der Waals surface area (Å²) in [4.78, 5) is 0. The molecule has 0 saturated heterocycles. The summed E-state index contributed by atoms with van der Waals surface area (Å²) in [6.45, 7) is 7.99. The van der Waals surface area contributed by atoms with Crippen LogP contribution in [0.3, 0.4) is 0 Å². The molecule has 0 bridgehead atoms. The van der Waals surface area contributed by atoms with Crippen molar-refractivity contribution in [2.24, 2.45) is 0 Å². The van der Waals surface area contributed by atoms with E-state index in [1.54, 1.807) is 12.1 Å². The Labute approximate surface area is 113 Å². The first-order chi connectivity index (χ1) is 9.06. The Morgan fingerprint density at radius 2 is 1.89 bits per heavy atom. The van der Waals surface area contributed by atoms with Crippen molar-refractivity contribution in [3.05, 3.63) is 59.8 Å². The van der Waals surface area contributed by atoms with Crippen LogP contribution >= 0.6 is 0 Å². The monoisotopic (exact) mass is 255 g/mol. The van der Waals surface area contributed by atoms with Crippen LogP contribution in [0.15, 0.2) is 30.3 Å². The standard InChI is InChI=1S/C17H16FO/c1-10-5-4-6-11(2)16(10)15-9-14(18)8-13-7-12(3)19-17(13)15/h4-6,8-9,12H,3,7H2,1-2H3. The van der Waals surface area contributed by atoms with Crippen LogP contribution in [0.25, 0.3) is 11.1 Å². The Kier molecular flexibility index (Phi) is 2.81. The number of aryl methyl sites for hydroxylation is 2. The van der Waals surface area contributed by atoms with Crippen molar-refractivity contribution < 1.29 is 9.13 Å². The minimum atomic E-state index is -0.214. The van der Waals surface area contributed by atoms with Crippen molar-refractivity contribution in [3.63, 3.8) is 0 Å². The van der Waals surface area contributed by atoms with Gasteiger partial charge in [-0.15, -0.1) is 0 Å². The summed E-state index contributed by atoms with van der Waals surface area (Å²) in [6.07, 6.45) is 0.547. The lowest BCUT2D eigenvalue weighted by atomic mass is 9.93. The van der Waals surface area contributed by atoms with Gasteiger partial charge < -0.3 is 4.74 Å². The molecule has 0 saturated carbocycles. The normalized spacial score (nSPS) is 17.2. The van der Waals surface area contributed by atoms with Crippen molar-refractivity contribution in [3.8, 4) is 16.9 Å². The van der Waals surface area contributed by atoms with Gasteiger partial charge in [0, 0.05) is 17.5 Å². The molecule has 1 heterocycles. The molecule has 97 valence electrons. The number of halogens is 1. The van der Waals surface area contributed by atoms with Gasteiger partial charge in [-0.1, -0.05) is 18.2 Å². The molecule has 0 fully saturated rings. The molecule has 1 unspecified atom stereocenters. The maximum atomic E-state index is 13.8. The van der Waals surface area contributed by atoms with E-state index in [-0.39, 0.29) is 11.9 Å². The van der Waals surface area contributed by atoms with Gasteiger partial charge in [-0.25, -0.2) is 4.39 Å². The van der Waals surface area contributed by atoms with Gasteiger partial charge >= 0.3 is 0 Å². The minimum Gasteiger partial charge on any atom is -0.489 e. The molecule has 3 rings (SSSR count). The fourth-order valence-corrected chi connectivity index (χ4v) is 2.82. The Bertz CT molecular complexity index is 626. The molecule has 1 nitrogen and oxygen atoms in total. The number of rotatable bonds is 1. The Morgan fingerprint density at radius 3 is 2.58 bits per heavy atom. The highest BCUT2D eigenvalue weighted by atomic mass is 19.1. The van der Waals surface area contributed by atoms with Crippen LogP contribution in [-0.4, -0.2) is 6.10 Å². The number of hydrogen-bond acceptors (Lipinski definition) is 1. The lowest BCUT2D eigenvalue weighted by Gasteiger charge is -2.14. The molecule has 1 aliphatic rings. The van der Waals surface area contributed by atoms with Crippen molar-refractivity contribution in [2.45, 2.75) is 26.4 Å². The number of fused-ring (bicyclic) bond motifs is 1. The highest BCUT2D eigenvalue weighted by molar-refractivity contribution is 5.78. The molecule has 0 N–H and O–H groups in total. The van der Waals surface area contributed by atoms with Crippen LogP contribution in [0.1, 0.15) is 16.7 Å². The average molecular weight is 255 g/mol. The summed E-state index contributed by atoms with van der Waals surface area (Å²) in [6, 6.07) is 9.20. The zero-order valence-corrected chi connectivity index (χ0v) is 11.2. The fourth-order valence-electron chi connectivity index (χ4n) is 2.82. The quantitative estimate of drug-likeness (QED) is 0.740. The van der Waals surface area contributed by atoms with Gasteiger partial charge in [-0.2, -0.15) is 0 Å². The summed E-state index contributed by atoms with van der Waals surface area (Å²) in [5.74, 6) is 0.577. The van der Waals surface area contributed by atoms with Gasteiger partial charge in [-0.05, 0) is 49.6 Å². The van der Waals surface area contributed by atoms with Gasteiger partial charge in [0.15, 0.2) is 0 Å². The van der Waals surface area contributed by atoms with E-state index in [1.807, 2.05) is 32.0 Å². The van der Waals surface area contributed by atoms with Crippen LogP contribution in [0.5, 0.6) is 5.75 Å². The van der Waals surface area contributed by atoms with Crippen molar-refractivity contribution in [1.82, 2.24) is 0 Å². The van der Waals surface area contributed by atoms with Gasteiger partial charge in [0.1, 0.15) is 17.7 Å². The molecule has 0 aromatic heterocycles. The molecule has 2 aromatic carbocycles. The first-order valence-corrected chi connectivity index (χ1v) is 6.45. The van der Waals surface area contributed by atoms with E-state index < -0.39 is 0 Å². The smallest absolute Gasteiger partial charge is 0.131 e. The maximum Gasteiger partial charge on any atom is 0.131 e. The first-order valence-electron chi connectivity index (χ1n) is 6.45. The molecule has 0 spiro atoms. The van der Waals surface area contributed by atoms with Crippen molar-refractivity contribution in [1.29, 1.82) is 0 Å². The number of ether oxygens (including phenoxy) is 1. The highest BCUT2D eigenvalue weighted by Crippen LogP contribution is 2.41. The SMILES string of the molecule is [CH2]C1Cc2cc(F)cc(-c3c(C)cccc3C)c2O1. The summed E-state index contributed by atoms with van der Waals surface area (Å²) in [5.41, 5.74) is 5.08. The average Bonchev–Trinajstić information content (AvgIpc) is 2.69. The summed E-state index contributed by atoms with van der Waals surface area (Å²) >= 11 is 0. The third kappa shape index (κ3) is 2.01. The summed E-state index contributed by atoms with van der Waals surface area (Å²) < 4.78 is 19.6. The van der Waals surface area contributed by atoms with E-state index in [4.69, 9.17) is 4.74 Å². The molecule has 1 radical (unpaired) electrons. The summed E-state index contributed by atoms with van der Waals surface area (Å²) in [7, 11) is 0.